The van der Waals surface area contributed by atoms with Gasteiger partial charge < -0.3 is 9.80 Å². The number of hydrogen-bond acceptors (Lipinski definition) is 3. The molecule has 0 amide bonds. The first-order valence-corrected chi connectivity index (χ1v) is 5.81. The maximum Gasteiger partial charge on any atom is 0.242 e. The first-order chi connectivity index (χ1) is 8.15. The highest BCUT2D eigenvalue weighted by atomic mass is 19.3. The van der Waals surface area contributed by atoms with Gasteiger partial charge in [-0.15, -0.1) is 0 Å². The second kappa shape index (κ2) is 5.40. The summed E-state index contributed by atoms with van der Waals surface area (Å²) in [5, 5.41) is 0. The van der Waals surface area contributed by atoms with Crippen LogP contribution in [-0.4, -0.2) is 49.5 Å². The zero-order valence-corrected chi connectivity index (χ0v) is 9.94. The van der Waals surface area contributed by atoms with Gasteiger partial charge in [0.1, 0.15) is 0 Å². The van der Waals surface area contributed by atoms with E-state index in [9.17, 15) is 8.78 Å². The smallest absolute Gasteiger partial charge is 0.242 e. The summed E-state index contributed by atoms with van der Waals surface area (Å²) in [7, 11) is 2.09. The van der Waals surface area contributed by atoms with Crippen molar-refractivity contribution in [2.24, 2.45) is 0 Å². The van der Waals surface area contributed by atoms with E-state index in [1.54, 1.807) is 6.20 Å². The summed E-state index contributed by atoms with van der Waals surface area (Å²) in [5.41, 5.74) is 1.56. The first kappa shape index (κ1) is 12.2. The first-order valence-electron chi connectivity index (χ1n) is 5.81. The van der Waals surface area contributed by atoms with Gasteiger partial charge in [0.15, 0.2) is 0 Å². The summed E-state index contributed by atoms with van der Waals surface area (Å²) < 4.78 is 24.6. The Morgan fingerprint density at radius 2 is 1.94 bits per heavy atom. The molecule has 0 aliphatic carbocycles. The Kier molecular flexibility index (Phi) is 3.89. The summed E-state index contributed by atoms with van der Waals surface area (Å²) in [5.74, 6) is 0. The number of likely N-dealkylation sites (N-methyl/N-ethyl adjacent to an activating group) is 1. The van der Waals surface area contributed by atoms with E-state index in [-0.39, 0.29) is 6.42 Å². The number of pyridine rings is 1. The maximum absolute atomic E-state index is 12.3. The van der Waals surface area contributed by atoms with E-state index in [1.165, 1.54) is 6.20 Å². The SMILES string of the molecule is CN1CCN(c2cncc(CC(F)F)c2)CC1. The van der Waals surface area contributed by atoms with Crippen molar-refractivity contribution in [2.45, 2.75) is 12.8 Å². The normalized spacial score (nSPS) is 17.8. The number of anilines is 1. The van der Waals surface area contributed by atoms with E-state index in [0.29, 0.717) is 5.56 Å². The molecule has 3 nitrogen and oxygen atoms in total. The van der Waals surface area contributed by atoms with Crippen molar-refractivity contribution in [1.29, 1.82) is 0 Å². The monoisotopic (exact) mass is 241 g/mol. The summed E-state index contributed by atoms with van der Waals surface area (Å²) in [6.07, 6.45) is 0.750. The second-order valence-electron chi connectivity index (χ2n) is 4.44. The predicted molar refractivity (Wildman–Crippen MR) is 63.7 cm³/mol. The molecule has 0 N–H and O–H groups in total. The standard InChI is InChI=1S/C12H17F2N3/c1-16-2-4-17(5-3-16)11-6-10(7-12(13)14)8-15-9-11/h6,8-9,12H,2-5,7H2,1H3. The molecule has 5 heteroatoms. The fourth-order valence-electron chi connectivity index (χ4n) is 2.00. The Balaban J connectivity index is 2.05. The minimum Gasteiger partial charge on any atom is -0.368 e. The van der Waals surface area contributed by atoms with Crippen molar-refractivity contribution < 1.29 is 8.78 Å². The Morgan fingerprint density at radius 3 is 2.59 bits per heavy atom. The van der Waals surface area contributed by atoms with E-state index in [4.69, 9.17) is 0 Å². The molecule has 2 heterocycles. The van der Waals surface area contributed by atoms with E-state index < -0.39 is 6.43 Å². The van der Waals surface area contributed by atoms with Gasteiger partial charge in [-0.3, -0.25) is 4.98 Å². The molecule has 17 heavy (non-hydrogen) atoms. The van der Waals surface area contributed by atoms with E-state index in [2.05, 4.69) is 21.8 Å². The summed E-state index contributed by atoms with van der Waals surface area (Å²) in [6, 6.07) is 1.82. The number of nitrogens with zero attached hydrogens (tertiary/aromatic N) is 3. The van der Waals surface area contributed by atoms with Crippen LogP contribution in [0.4, 0.5) is 14.5 Å². The number of aromatic nitrogens is 1. The number of halogens is 2. The van der Waals surface area contributed by atoms with Gasteiger partial charge >= 0.3 is 0 Å². The number of rotatable bonds is 3. The van der Waals surface area contributed by atoms with Gasteiger partial charge in [-0.1, -0.05) is 0 Å². The molecule has 0 aromatic carbocycles. The van der Waals surface area contributed by atoms with Gasteiger partial charge in [-0.05, 0) is 18.7 Å². The highest BCUT2D eigenvalue weighted by Gasteiger charge is 2.15. The zero-order valence-electron chi connectivity index (χ0n) is 9.94. The Hall–Kier alpha value is -1.23. The molecule has 0 spiro atoms. The Morgan fingerprint density at radius 1 is 1.24 bits per heavy atom. The molecule has 0 radical (unpaired) electrons. The lowest BCUT2D eigenvalue weighted by atomic mass is 10.2. The van der Waals surface area contributed by atoms with Crippen LogP contribution in [0, 0.1) is 0 Å². The third kappa shape index (κ3) is 3.36. The van der Waals surface area contributed by atoms with Crippen LogP contribution in [0.1, 0.15) is 5.56 Å². The van der Waals surface area contributed by atoms with Crippen LogP contribution in [0.5, 0.6) is 0 Å². The second-order valence-corrected chi connectivity index (χ2v) is 4.44. The maximum atomic E-state index is 12.3. The van der Waals surface area contributed by atoms with Crippen molar-refractivity contribution in [1.82, 2.24) is 9.88 Å². The van der Waals surface area contributed by atoms with Crippen LogP contribution >= 0.6 is 0 Å². The van der Waals surface area contributed by atoms with Crippen molar-refractivity contribution in [2.75, 3.05) is 38.1 Å². The quantitative estimate of drug-likeness (QED) is 0.802. The number of hydrogen-bond donors (Lipinski definition) is 0. The largest absolute Gasteiger partial charge is 0.368 e. The third-order valence-electron chi connectivity index (χ3n) is 3.04. The minimum absolute atomic E-state index is 0.214. The van der Waals surface area contributed by atoms with Gasteiger partial charge in [-0.25, -0.2) is 8.78 Å². The van der Waals surface area contributed by atoms with Crippen LogP contribution in [-0.2, 0) is 6.42 Å². The molecule has 1 aromatic heterocycles. The third-order valence-corrected chi connectivity index (χ3v) is 3.04. The Labute approximate surface area is 100 Å². The van der Waals surface area contributed by atoms with Crippen molar-refractivity contribution in [3.63, 3.8) is 0 Å². The van der Waals surface area contributed by atoms with Crippen LogP contribution in [0.3, 0.4) is 0 Å². The Bertz CT molecular complexity index is 363. The lowest BCUT2D eigenvalue weighted by Crippen LogP contribution is -2.44. The fraction of sp³-hybridized carbons (Fsp3) is 0.583. The van der Waals surface area contributed by atoms with E-state index in [0.717, 1.165) is 31.9 Å². The topological polar surface area (TPSA) is 19.4 Å². The molecular weight excluding hydrogens is 224 g/mol. The molecule has 0 atom stereocenters. The summed E-state index contributed by atoms with van der Waals surface area (Å²) >= 11 is 0. The van der Waals surface area contributed by atoms with Crippen molar-refractivity contribution in [3.05, 3.63) is 24.0 Å². The molecule has 1 aliphatic heterocycles. The number of alkyl halides is 2. The zero-order chi connectivity index (χ0) is 12.3. The van der Waals surface area contributed by atoms with E-state index in [1.807, 2.05) is 6.07 Å². The molecule has 94 valence electrons. The van der Waals surface area contributed by atoms with Gasteiger partial charge in [0, 0.05) is 38.8 Å². The molecule has 0 saturated carbocycles. The summed E-state index contributed by atoms with van der Waals surface area (Å²) in [6.45, 7) is 3.85. The molecule has 1 saturated heterocycles. The molecule has 1 aromatic rings. The van der Waals surface area contributed by atoms with Crippen LogP contribution in [0.15, 0.2) is 18.5 Å². The molecule has 1 fully saturated rings. The van der Waals surface area contributed by atoms with Gasteiger partial charge in [0.05, 0.1) is 11.9 Å². The van der Waals surface area contributed by atoms with Crippen LogP contribution in [0.2, 0.25) is 0 Å². The van der Waals surface area contributed by atoms with Gasteiger partial charge in [0.2, 0.25) is 6.43 Å². The average molecular weight is 241 g/mol. The minimum atomic E-state index is -2.31. The van der Waals surface area contributed by atoms with Crippen LogP contribution < -0.4 is 4.90 Å². The number of piperazine rings is 1. The predicted octanol–water partition coefficient (Wildman–Crippen LogP) is 1.64. The molecule has 0 unspecified atom stereocenters. The molecule has 1 aliphatic rings. The van der Waals surface area contributed by atoms with Gasteiger partial charge in [0.25, 0.3) is 0 Å². The lowest BCUT2D eigenvalue weighted by molar-refractivity contribution is 0.149. The highest BCUT2D eigenvalue weighted by molar-refractivity contribution is 5.46. The van der Waals surface area contributed by atoms with E-state index >= 15 is 0 Å². The molecular formula is C12H17F2N3. The lowest BCUT2D eigenvalue weighted by Gasteiger charge is -2.33. The molecule has 2 rings (SSSR count). The van der Waals surface area contributed by atoms with Crippen molar-refractivity contribution in [3.8, 4) is 0 Å². The fourth-order valence-corrected chi connectivity index (χ4v) is 2.00. The highest BCUT2D eigenvalue weighted by Crippen LogP contribution is 2.17. The van der Waals surface area contributed by atoms with Crippen molar-refractivity contribution >= 4 is 5.69 Å². The van der Waals surface area contributed by atoms with Gasteiger partial charge in [-0.2, -0.15) is 0 Å². The average Bonchev–Trinajstić information content (AvgIpc) is 2.29. The molecule has 0 bridgehead atoms. The summed E-state index contributed by atoms with van der Waals surface area (Å²) in [4.78, 5) is 8.50. The van der Waals surface area contributed by atoms with Crippen LogP contribution in [0.25, 0.3) is 0 Å².